The number of anilines is 1. The molecule has 0 bridgehead atoms. The summed E-state index contributed by atoms with van der Waals surface area (Å²) in [6.07, 6.45) is 2.27. The summed E-state index contributed by atoms with van der Waals surface area (Å²) < 4.78 is 13.8. The molecule has 0 amide bonds. The second kappa shape index (κ2) is 5.29. The highest BCUT2D eigenvalue weighted by molar-refractivity contribution is 5.85. The lowest BCUT2D eigenvalue weighted by molar-refractivity contribution is 0.137. The van der Waals surface area contributed by atoms with Gasteiger partial charge in [-0.05, 0) is 51.4 Å². The van der Waals surface area contributed by atoms with Crippen LogP contribution in [0.4, 0.5) is 10.1 Å². The van der Waals surface area contributed by atoms with Crippen LogP contribution in [-0.2, 0) is 5.41 Å². The largest absolute Gasteiger partial charge is 0.382 e. The Morgan fingerprint density at radius 2 is 1.95 bits per heavy atom. The van der Waals surface area contributed by atoms with Crippen molar-refractivity contribution >= 4 is 18.1 Å². The van der Waals surface area contributed by atoms with E-state index in [1.165, 1.54) is 5.56 Å². The summed E-state index contributed by atoms with van der Waals surface area (Å²) in [6.45, 7) is 7.64. The number of nitrogens with zero attached hydrogens (tertiary/aromatic N) is 1. The predicted molar refractivity (Wildman–Crippen MR) is 79.8 cm³/mol. The number of para-hydroxylation sites is 1. The minimum atomic E-state index is -0.101. The Balaban J connectivity index is 0.00000133. The first-order chi connectivity index (χ1) is 8.62. The van der Waals surface area contributed by atoms with E-state index in [9.17, 15) is 4.39 Å². The average molecular weight is 285 g/mol. The van der Waals surface area contributed by atoms with Crippen LogP contribution >= 0.6 is 12.4 Å². The topological polar surface area (TPSA) is 15.3 Å². The van der Waals surface area contributed by atoms with Crippen molar-refractivity contribution in [3.05, 3.63) is 29.6 Å². The maximum Gasteiger partial charge on any atom is 0.146 e. The van der Waals surface area contributed by atoms with Gasteiger partial charge in [0.05, 0.1) is 5.69 Å². The smallest absolute Gasteiger partial charge is 0.146 e. The van der Waals surface area contributed by atoms with Gasteiger partial charge in [-0.15, -0.1) is 12.4 Å². The lowest BCUT2D eigenvalue weighted by Crippen LogP contribution is -2.46. The van der Waals surface area contributed by atoms with Crippen molar-refractivity contribution in [3.8, 4) is 0 Å². The Hall–Kier alpha value is -0.800. The van der Waals surface area contributed by atoms with E-state index in [2.05, 4.69) is 30.1 Å². The van der Waals surface area contributed by atoms with E-state index in [0.717, 1.165) is 38.2 Å². The molecule has 0 radical (unpaired) electrons. The van der Waals surface area contributed by atoms with Gasteiger partial charge in [0.1, 0.15) is 5.82 Å². The van der Waals surface area contributed by atoms with Crippen LogP contribution in [0.15, 0.2) is 18.2 Å². The van der Waals surface area contributed by atoms with E-state index in [0.29, 0.717) is 6.04 Å². The number of halogens is 2. The normalized spacial score (nSPS) is 21.1. The van der Waals surface area contributed by atoms with Crippen molar-refractivity contribution in [2.45, 2.75) is 38.1 Å². The average Bonchev–Trinajstić information content (AvgIpc) is 2.71. The Morgan fingerprint density at radius 1 is 1.26 bits per heavy atom. The molecule has 1 N–H and O–H groups in total. The maximum atomic E-state index is 13.8. The summed E-state index contributed by atoms with van der Waals surface area (Å²) in [4.78, 5) is 2.52. The van der Waals surface area contributed by atoms with Gasteiger partial charge >= 0.3 is 0 Å². The molecule has 3 rings (SSSR count). The molecule has 19 heavy (non-hydrogen) atoms. The van der Waals surface area contributed by atoms with Gasteiger partial charge in [-0.25, -0.2) is 4.39 Å². The summed E-state index contributed by atoms with van der Waals surface area (Å²) >= 11 is 0. The predicted octanol–water partition coefficient (Wildman–Crippen LogP) is 3.42. The third-order valence-electron chi connectivity index (χ3n) is 4.67. The van der Waals surface area contributed by atoms with Crippen molar-refractivity contribution in [2.75, 3.05) is 25.0 Å². The number of benzene rings is 1. The summed E-state index contributed by atoms with van der Waals surface area (Å²) in [5.74, 6) is -0.101. The molecule has 1 fully saturated rings. The maximum absolute atomic E-state index is 13.8. The molecule has 0 saturated carbocycles. The molecule has 106 valence electrons. The fraction of sp³-hybridized carbons (Fsp3) is 0.600. The second-order valence-corrected chi connectivity index (χ2v) is 5.93. The summed E-state index contributed by atoms with van der Waals surface area (Å²) in [5.41, 5.74) is 2.12. The number of likely N-dealkylation sites (tertiary alicyclic amines) is 1. The second-order valence-electron chi connectivity index (χ2n) is 5.93. The van der Waals surface area contributed by atoms with Crippen LogP contribution in [0.5, 0.6) is 0 Å². The molecule has 1 aromatic carbocycles. The van der Waals surface area contributed by atoms with Gasteiger partial charge in [0.15, 0.2) is 0 Å². The summed E-state index contributed by atoms with van der Waals surface area (Å²) in [6, 6.07) is 6.11. The van der Waals surface area contributed by atoms with Crippen molar-refractivity contribution < 1.29 is 4.39 Å². The summed E-state index contributed by atoms with van der Waals surface area (Å²) in [7, 11) is 0. The number of fused-ring (bicyclic) bond motifs is 2. The molecule has 2 heterocycles. The van der Waals surface area contributed by atoms with E-state index >= 15 is 0 Å². The molecule has 4 heteroatoms. The molecule has 1 saturated heterocycles. The van der Waals surface area contributed by atoms with E-state index in [-0.39, 0.29) is 23.6 Å². The lowest BCUT2D eigenvalue weighted by Gasteiger charge is -2.41. The van der Waals surface area contributed by atoms with Crippen LogP contribution in [0.3, 0.4) is 0 Å². The van der Waals surface area contributed by atoms with Gasteiger partial charge in [0.25, 0.3) is 0 Å². The third kappa shape index (κ3) is 2.34. The fourth-order valence-corrected chi connectivity index (χ4v) is 3.41. The Morgan fingerprint density at radius 3 is 2.58 bits per heavy atom. The number of piperidine rings is 1. The fourth-order valence-electron chi connectivity index (χ4n) is 3.41. The quantitative estimate of drug-likeness (QED) is 0.850. The van der Waals surface area contributed by atoms with Crippen LogP contribution in [-0.4, -0.2) is 30.6 Å². The van der Waals surface area contributed by atoms with Crippen molar-refractivity contribution in [2.24, 2.45) is 0 Å². The molecule has 1 aromatic rings. The highest BCUT2D eigenvalue weighted by atomic mass is 35.5. The number of nitrogens with one attached hydrogen (secondary N) is 1. The molecule has 1 spiro atoms. The van der Waals surface area contributed by atoms with Crippen LogP contribution in [0.2, 0.25) is 0 Å². The van der Waals surface area contributed by atoms with Crippen molar-refractivity contribution in [1.82, 2.24) is 4.90 Å². The molecule has 0 unspecified atom stereocenters. The number of hydrogen-bond donors (Lipinski definition) is 1. The third-order valence-corrected chi connectivity index (χ3v) is 4.67. The molecular formula is C15H22ClFN2. The molecule has 0 atom stereocenters. The Labute approximate surface area is 120 Å². The Bertz CT molecular complexity index is 453. The van der Waals surface area contributed by atoms with E-state index in [1.54, 1.807) is 6.07 Å². The SMILES string of the molecule is CC(C)N1CCC2(CC1)CNc1c(F)cccc12.Cl. The molecule has 2 aliphatic heterocycles. The number of hydrogen-bond acceptors (Lipinski definition) is 2. The van der Waals surface area contributed by atoms with Gasteiger partial charge in [-0.3, -0.25) is 0 Å². The minimum Gasteiger partial charge on any atom is -0.382 e. The van der Waals surface area contributed by atoms with Crippen molar-refractivity contribution in [3.63, 3.8) is 0 Å². The zero-order valence-corrected chi connectivity index (χ0v) is 12.4. The monoisotopic (exact) mass is 284 g/mol. The van der Waals surface area contributed by atoms with Gasteiger partial charge in [-0.2, -0.15) is 0 Å². The van der Waals surface area contributed by atoms with E-state index in [1.807, 2.05) is 6.07 Å². The van der Waals surface area contributed by atoms with Crippen LogP contribution in [0, 0.1) is 5.82 Å². The van der Waals surface area contributed by atoms with Crippen LogP contribution < -0.4 is 5.32 Å². The van der Waals surface area contributed by atoms with Gasteiger partial charge in [0.2, 0.25) is 0 Å². The lowest BCUT2D eigenvalue weighted by atomic mass is 9.74. The molecule has 2 aliphatic rings. The van der Waals surface area contributed by atoms with E-state index in [4.69, 9.17) is 0 Å². The molecule has 0 aromatic heterocycles. The van der Waals surface area contributed by atoms with E-state index < -0.39 is 0 Å². The molecule has 0 aliphatic carbocycles. The highest BCUT2D eigenvalue weighted by Crippen LogP contribution is 2.44. The minimum absolute atomic E-state index is 0. The molecular weight excluding hydrogens is 263 g/mol. The van der Waals surface area contributed by atoms with Crippen molar-refractivity contribution in [1.29, 1.82) is 0 Å². The van der Waals surface area contributed by atoms with Crippen LogP contribution in [0.1, 0.15) is 32.3 Å². The summed E-state index contributed by atoms with van der Waals surface area (Å²) in [5, 5.41) is 3.28. The first-order valence-electron chi connectivity index (χ1n) is 6.89. The zero-order chi connectivity index (χ0) is 12.8. The highest BCUT2D eigenvalue weighted by Gasteiger charge is 2.42. The first kappa shape index (κ1) is 14.6. The van der Waals surface area contributed by atoms with Gasteiger partial charge in [0, 0.05) is 18.0 Å². The first-order valence-corrected chi connectivity index (χ1v) is 6.89. The zero-order valence-electron chi connectivity index (χ0n) is 11.6. The van der Waals surface area contributed by atoms with Crippen LogP contribution in [0.25, 0.3) is 0 Å². The Kier molecular flexibility index (Phi) is 4.07. The van der Waals surface area contributed by atoms with Gasteiger partial charge < -0.3 is 10.2 Å². The van der Waals surface area contributed by atoms with Gasteiger partial charge in [-0.1, -0.05) is 12.1 Å². The number of rotatable bonds is 1. The standard InChI is InChI=1S/C15H21FN2.ClH/c1-11(2)18-8-6-15(7-9-18)10-17-14-12(15)4-3-5-13(14)16;/h3-5,11,17H,6-10H2,1-2H3;1H. The molecule has 2 nitrogen and oxygen atoms in total.